The predicted octanol–water partition coefficient (Wildman–Crippen LogP) is 0.168. The van der Waals surface area contributed by atoms with E-state index in [1.807, 2.05) is 0 Å². The number of rotatable bonds is 7. The van der Waals surface area contributed by atoms with Crippen LogP contribution in [0.4, 0.5) is 0 Å². The highest BCUT2D eigenvalue weighted by Crippen LogP contribution is 2.09. The lowest BCUT2D eigenvalue weighted by Crippen LogP contribution is -2.37. The number of carbonyl (C=O) groups is 4. The number of aldehydes is 1. The molecule has 7 heteroatoms. The van der Waals surface area contributed by atoms with Crippen molar-refractivity contribution in [3.05, 3.63) is 12.2 Å². The van der Waals surface area contributed by atoms with Crippen LogP contribution in [0.15, 0.2) is 12.2 Å². The van der Waals surface area contributed by atoms with Gasteiger partial charge in [-0.3, -0.25) is 19.2 Å². The molecular formula is C12H16O7. The van der Waals surface area contributed by atoms with E-state index >= 15 is 0 Å². The zero-order valence-electron chi connectivity index (χ0n) is 11.0. The minimum absolute atomic E-state index is 0.282. The van der Waals surface area contributed by atoms with E-state index in [9.17, 15) is 19.2 Å². The van der Waals surface area contributed by atoms with Gasteiger partial charge in [-0.1, -0.05) is 0 Å². The first-order valence-corrected chi connectivity index (χ1v) is 5.46. The Morgan fingerprint density at radius 3 is 2.00 bits per heavy atom. The molecule has 0 radical (unpaired) electrons. The average molecular weight is 272 g/mol. The van der Waals surface area contributed by atoms with Crippen LogP contribution in [-0.2, 0) is 33.4 Å². The van der Waals surface area contributed by atoms with E-state index in [1.54, 1.807) is 0 Å². The second-order valence-electron chi connectivity index (χ2n) is 3.55. The normalized spacial score (nSPS) is 13.4. The van der Waals surface area contributed by atoms with Crippen molar-refractivity contribution in [2.75, 3.05) is 6.61 Å². The van der Waals surface area contributed by atoms with E-state index in [0.717, 1.165) is 13.0 Å². The van der Waals surface area contributed by atoms with E-state index in [2.05, 4.69) is 0 Å². The summed E-state index contributed by atoms with van der Waals surface area (Å²) in [5.41, 5.74) is 0. The summed E-state index contributed by atoms with van der Waals surface area (Å²) in [6.45, 7) is 3.23. The summed E-state index contributed by atoms with van der Waals surface area (Å²) in [5, 5.41) is 0. The second-order valence-corrected chi connectivity index (χ2v) is 3.55. The van der Waals surface area contributed by atoms with Gasteiger partial charge in [0.25, 0.3) is 0 Å². The number of hydrogen-bond acceptors (Lipinski definition) is 7. The number of hydrogen-bond donors (Lipinski definition) is 0. The summed E-state index contributed by atoms with van der Waals surface area (Å²) in [4.78, 5) is 43.0. The Hall–Kier alpha value is -2.18. The minimum Gasteiger partial charge on any atom is -0.462 e. The van der Waals surface area contributed by atoms with Crippen molar-refractivity contribution in [2.45, 2.75) is 33.0 Å². The minimum atomic E-state index is -1.01. The van der Waals surface area contributed by atoms with Crippen molar-refractivity contribution in [1.82, 2.24) is 0 Å². The van der Waals surface area contributed by atoms with Crippen molar-refractivity contribution in [1.29, 1.82) is 0 Å². The van der Waals surface area contributed by atoms with Crippen LogP contribution in [0.3, 0.4) is 0 Å². The van der Waals surface area contributed by atoms with Crippen molar-refractivity contribution >= 4 is 24.2 Å². The lowest BCUT2D eigenvalue weighted by atomic mass is 10.2. The maximum atomic E-state index is 11.0. The first-order valence-electron chi connectivity index (χ1n) is 5.46. The fraction of sp³-hybridized carbons (Fsp3) is 0.500. The third-order valence-corrected chi connectivity index (χ3v) is 1.82. The molecule has 7 nitrogen and oxygen atoms in total. The molecule has 2 atom stereocenters. The Kier molecular flexibility index (Phi) is 7.83. The molecule has 0 unspecified atom stereocenters. The summed E-state index contributed by atoms with van der Waals surface area (Å²) in [7, 11) is 0. The zero-order chi connectivity index (χ0) is 14.8. The van der Waals surface area contributed by atoms with Crippen molar-refractivity contribution < 1.29 is 33.4 Å². The van der Waals surface area contributed by atoms with Crippen LogP contribution in [0.2, 0.25) is 0 Å². The summed E-state index contributed by atoms with van der Waals surface area (Å²) in [6, 6.07) is 0. The van der Waals surface area contributed by atoms with Gasteiger partial charge in [-0.2, -0.15) is 0 Å². The van der Waals surface area contributed by atoms with Gasteiger partial charge in [0.15, 0.2) is 12.2 Å². The molecule has 19 heavy (non-hydrogen) atoms. The van der Waals surface area contributed by atoms with E-state index in [0.29, 0.717) is 6.29 Å². The molecule has 0 aliphatic heterocycles. The molecule has 106 valence electrons. The molecule has 0 fully saturated rings. The highest BCUT2D eigenvalue weighted by atomic mass is 16.6. The van der Waals surface area contributed by atoms with Crippen molar-refractivity contribution in [2.24, 2.45) is 0 Å². The maximum absolute atomic E-state index is 11.0. The van der Waals surface area contributed by atoms with Crippen LogP contribution in [0, 0.1) is 0 Å². The Morgan fingerprint density at radius 2 is 1.58 bits per heavy atom. The smallest absolute Gasteiger partial charge is 0.303 e. The molecule has 0 rings (SSSR count). The van der Waals surface area contributed by atoms with E-state index < -0.39 is 30.1 Å². The lowest BCUT2D eigenvalue weighted by molar-refractivity contribution is -0.169. The fourth-order valence-electron chi connectivity index (χ4n) is 1.19. The Balaban J connectivity index is 4.91. The third-order valence-electron chi connectivity index (χ3n) is 1.82. The topological polar surface area (TPSA) is 96.0 Å². The highest BCUT2D eigenvalue weighted by molar-refractivity contribution is 5.69. The monoisotopic (exact) mass is 272 g/mol. The Morgan fingerprint density at radius 1 is 1.00 bits per heavy atom. The van der Waals surface area contributed by atoms with Crippen molar-refractivity contribution in [3.63, 3.8) is 0 Å². The molecule has 0 heterocycles. The van der Waals surface area contributed by atoms with Gasteiger partial charge in [0.05, 0.1) is 0 Å². The SMILES string of the molecule is CC(=O)OC[C@@H](OC(C)=O)[C@@H](/C=C/C=O)OC(C)=O. The van der Waals surface area contributed by atoms with Crippen molar-refractivity contribution in [3.8, 4) is 0 Å². The molecule has 0 amide bonds. The molecule has 0 aromatic heterocycles. The highest BCUT2D eigenvalue weighted by Gasteiger charge is 2.26. The number of carbonyl (C=O) groups excluding carboxylic acids is 4. The fourth-order valence-corrected chi connectivity index (χ4v) is 1.19. The van der Waals surface area contributed by atoms with Crippen LogP contribution in [0.1, 0.15) is 20.8 Å². The van der Waals surface area contributed by atoms with Gasteiger partial charge in [0.1, 0.15) is 12.9 Å². The lowest BCUT2D eigenvalue weighted by Gasteiger charge is -2.23. The molecule has 0 saturated carbocycles. The summed E-state index contributed by atoms with van der Waals surface area (Å²) < 4.78 is 14.5. The number of allylic oxidation sites excluding steroid dienone is 1. The van der Waals surface area contributed by atoms with Gasteiger partial charge in [-0.25, -0.2) is 0 Å². The first kappa shape index (κ1) is 16.8. The van der Waals surface area contributed by atoms with Gasteiger partial charge in [0.2, 0.25) is 0 Å². The molecule has 0 aliphatic carbocycles. The molecule has 0 spiro atoms. The summed E-state index contributed by atoms with van der Waals surface area (Å²) >= 11 is 0. The van der Waals surface area contributed by atoms with Gasteiger partial charge in [-0.15, -0.1) is 0 Å². The molecule has 0 aliphatic rings. The summed E-state index contributed by atoms with van der Waals surface area (Å²) in [6.07, 6.45) is 0.795. The largest absolute Gasteiger partial charge is 0.462 e. The van der Waals surface area contributed by atoms with Crippen LogP contribution in [0.5, 0.6) is 0 Å². The van der Waals surface area contributed by atoms with Crippen LogP contribution < -0.4 is 0 Å². The molecule has 0 N–H and O–H groups in total. The van der Waals surface area contributed by atoms with Gasteiger partial charge in [0, 0.05) is 20.8 Å². The summed E-state index contributed by atoms with van der Waals surface area (Å²) in [5.74, 6) is -1.83. The van der Waals surface area contributed by atoms with Gasteiger partial charge >= 0.3 is 17.9 Å². The van der Waals surface area contributed by atoms with E-state index in [4.69, 9.17) is 14.2 Å². The molecule has 0 saturated heterocycles. The quantitative estimate of drug-likeness (QED) is 0.282. The maximum Gasteiger partial charge on any atom is 0.303 e. The van der Waals surface area contributed by atoms with Crippen LogP contribution >= 0.6 is 0 Å². The Bertz CT molecular complexity index is 372. The van der Waals surface area contributed by atoms with Crippen LogP contribution in [0.25, 0.3) is 0 Å². The molecule has 0 aromatic rings. The standard InChI is InChI=1S/C12H16O7/c1-8(14)17-7-12(19-10(3)16)11(5-4-6-13)18-9(2)15/h4-6,11-12H,7H2,1-3H3/b5-4+/t11-,12-/m1/s1. The van der Waals surface area contributed by atoms with E-state index in [1.165, 1.54) is 19.9 Å². The molecule has 0 aromatic carbocycles. The Labute approximate surface area is 110 Å². The van der Waals surface area contributed by atoms with Gasteiger partial charge < -0.3 is 14.2 Å². The molecular weight excluding hydrogens is 256 g/mol. The third kappa shape index (κ3) is 8.53. The first-order chi connectivity index (χ1) is 8.86. The molecule has 0 bridgehead atoms. The number of ether oxygens (including phenoxy) is 3. The zero-order valence-corrected chi connectivity index (χ0v) is 11.0. The number of esters is 3. The second kappa shape index (κ2) is 8.84. The van der Waals surface area contributed by atoms with E-state index in [-0.39, 0.29) is 6.61 Å². The van der Waals surface area contributed by atoms with Crippen LogP contribution in [-0.4, -0.2) is 43.0 Å². The average Bonchev–Trinajstić information content (AvgIpc) is 2.28. The van der Waals surface area contributed by atoms with Gasteiger partial charge in [-0.05, 0) is 12.2 Å². The predicted molar refractivity (Wildman–Crippen MR) is 62.9 cm³/mol.